The second-order valence-electron chi connectivity index (χ2n) is 10.0. The number of sulfone groups is 1. The number of halogens is 1. The van der Waals surface area contributed by atoms with Gasteiger partial charge in [-0.05, 0) is 74.7 Å². The van der Waals surface area contributed by atoms with E-state index >= 15 is 0 Å². The van der Waals surface area contributed by atoms with Gasteiger partial charge in [-0.3, -0.25) is 14.3 Å². The number of ketones is 1. The van der Waals surface area contributed by atoms with E-state index in [1.165, 1.54) is 46.8 Å². The summed E-state index contributed by atoms with van der Waals surface area (Å²) >= 11 is 1.53. The number of benzene rings is 2. The normalized spacial score (nSPS) is 12.9. The summed E-state index contributed by atoms with van der Waals surface area (Å²) in [5.74, 6) is -0.955. The van der Waals surface area contributed by atoms with Crippen molar-refractivity contribution in [3.05, 3.63) is 93.2 Å². The number of carbonyl (C=O) groups is 1. The minimum atomic E-state index is -3.33. The van der Waals surface area contributed by atoms with Crippen LogP contribution >= 0.6 is 11.9 Å². The van der Waals surface area contributed by atoms with Crippen LogP contribution in [-0.4, -0.2) is 29.3 Å². The zero-order chi connectivity index (χ0) is 27.5. The van der Waals surface area contributed by atoms with Crippen molar-refractivity contribution in [2.75, 3.05) is 5.75 Å². The number of nitrogens with zero attached hydrogens (tertiary/aromatic N) is 1. The number of pyridine rings is 1. The number of rotatable bonds is 9. The molecule has 1 atom stereocenters. The Morgan fingerprint density at radius 3 is 2.32 bits per heavy atom. The summed E-state index contributed by atoms with van der Waals surface area (Å²) in [6.45, 7) is 9.73. The van der Waals surface area contributed by atoms with Gasteiger partial charge in [0, 0.05) is 52.5 Å². The van der Waals surface area contributed by atoms with Gasteiger partial charge in [-0.2, -0.15) is 0 Å². The maximum Gasteiger partial charge on any atom is 0.250 e. The summed E-state index contributed by atoms with van der Waals surface area (Å²) in [5, 5.41) is 0. The van der Waals surface area contributed by atoms with Gasteiger partial charge in [0.2, 0.25) is 0 Å². The minimum absolute atomic E-state index is 0.00529. The predicted molar refractivity (Wildman–Crippen MR) is 149 cm³/mol. The molecule has 0 saturated heterocycles. The Morgan fingerprint density at radius 1 is 1.08 bits per heavy atom. The standard InChI is InChI=1S/C28H33FN2O4S2/c1-7-37(34,35)17-19-8-13-22(27(33)20-9-11-21(29)12-10-20)24(14-19)25-16-31(6)26(32)15-23(25)18(2)30-36-28(3,4)5/h8-16,18,30H,7,17H2,1-6H3/t18-/m1/s1. The van der Waals surface area contributed by atoms with Crippen LogP contribution in [0.15, 0.2) is 59.5 Å². The van der Waals surface area contributed by atoms with E-state index in [4.69, 9.17) is 0 Å². The number of hydrogen-bond donors (Lipinski definition) is 1. The monoisotopic (exact) mass is 544 g/mol. The molecule has 2 aromatic carbocycles. The highest BCUT2D eigenvalue weighted by atomic mass is 32.2. The van der Waals surface area contributed by atoms with Crippen LogP contribution < -0.4 is 10.3 Å². The highest BCUT2D eigenvalue weighted by Gasteiger charge is 2.23. The Kier molecular flexibility index (Phi) is 8.82. The number of aryl methyl sites for hydroxylation is 1. The third-order valence-electron chi connectivity index (χ3n) is 5.82. The van der Waals surface area contributed by atoms with Crippen molar-refractivity contribution in [2.45, 2.75) is 51.2 Å². The first-order chi connectivity index (χ1) is 17.2. The van der Waals surface area contributed by atoms with Crippen LogP contribution in [0, 0.1) is 5.82 Å². The van der Waals surface area contributed by atoms with Crippen LogP contribution in [0.2, 0.25) is 0 Å². The van der Waals surface area contributed by atoms with Crippen LogP contribution in [0.3, 0.4) is 0 Å². The second kappa shape index (κ2) is 11.3. The average molecular weight is 545 g/mol. The van der Waals surface area contributed by atoms with Crippen LogP contribution in [0.25, 0.3) is 11.1 Å². The molecule has 0 fully saturated rings. The molecule has 9 heteroatoms. The summed E-state index contributed by atoms with van der Waals surface area (Å²) in [6.07, 6.45) is 1.67. The molecule has 0 aliphatic rings. The first kappa shape index (κ1) is 28.8. The molecule has 0 radical (unpaired) electrons. The molecule has 6 nitrogen and oxygen atoms in total. The van der Waals surface area contributed by atoms with Crippen LogP contribution in [0.5, 0.6) is 0 Å². The molecule has 0 saturated carbocycles. The van der Waals surface area contributed by atoms with Crippen molar-refractivity contribution in [1.29, 1.82) is 0 Å². The molecule has 3 rings (SSSR count). The molecule has 3 aromatic rings. The number of nitrogens with one attached hydrogen (secondary N) is 1. The van der Waals surface area contributed by atoms with Crippen molar-refractivity contribution < 1.29 is 17.6 Å². The van der Waals surface area contributed by atoms with Crippen LogP contribution in [0.4, 0.5) is 4.39 Å². The van der Waals surface area contributed by atoms with Gasteiger partial charge < -0.3 is 4.57 Å². The van der Waals surface area contributed by atoms with Gasteiger partial charge >= 0.3 is 0 Å². The molecule has 0 amide bonds. The Bertz CT molecular complexity index is 1460. The van der Waals surface area contributed by atoms with Crippen molar-refractivity contribution in [2.24, 2.45) is 7.05 Å². The highest BCUT2D eigenvalue weighted by molar-refractivity contribution is 7.98. The third-order valence-corrected chi connectivity index (χ3v) is 8.56. The summed E-state index contributed by atoms with van der Waals surface area (Å²) in [6, 6.07) is 11.5. The summed E-state index contributed by atoms with van der Waals surface area (Å²) in [4.78, 5) is 26.2. The largest absolute Gasteiger partial charge is 0.318 e. The lowest BCUT2D eigenvalue weighted by atomic mass is 9.89. The van der Waals surface area contributed by atoms with Gasteiger partial charge in [0.15, 0.2) is 15.6 Å². The van der Waals surface area contributed by atoms with E-state index in [1.54, 1.807) is 38.4 Å². The first-order valence-electron chi connectivity index (χ1n) is 12.0. The Balaban J connectivity index is 2.24. The van der Waals surface area contributed by atoms with Gasteiger partial charge in [-0.25, -0.2) is 12.8 Å². The van der Waals surface area contributed by atoms with Crippen molar-refractivity contribution in [3.63, 3.8) is 0 Å². The minimum Gasteiger partial charge on any atom is -0.318 e. The molecule has 37 heavy (non-hydrogen) atoms. The lowest BCUT2D eigenvalue weighted by molar-refractivity contribution is 0.103. The molecule has 0 aliphatic heterocycles. The molecule has 1 aromatic heterocycles. The van der Waals surface area contributed by atoms with Gasteiger partial charge in [-0.15, -0.1) is 0 Å². The summed E-state index contributed by atoms with van der Waals surface area (Å²) in [7, 11) is -1.70. The summed E-state index contributed by atoms with van der Waals surface area (Å²) in [5.41, 5.74) is 2.80. The van der Waals surface area contributed by atoms with Gasteiger partial charge in [0.25, 0.3) is 5.56 Å². The summed E-state index contributed by atoms with van der Waals surface area (Å²) < 4.78 is 43.0. The van der Waals surface area contributed by atoms with E-state index in [2.05, 4.69) is 25.5 Å². The fourth-order valence-electron chi connectivity index (χ4n) is 3.77. The van der Waals surface area contributed by atoms with Gasteiger partial charge in [0.1, 0.15) is 5.82 Å². The third kappa shape index (κ3) is 7.40. The second-order valence-corrected chi connectivity index (χ2v) is 14.1. The molecule has 1 heterocycles. The zero-order valence-electron chi connectivity index (χ0n) is 22.0. The maximum atomic E-state index is 13.6. The molecular weight excluding hydrogens is 511 g/mol. The average Bonchev–Trinajstić information content (AvgIpc) is 2.83. The Labute approximate surface area is 222 Å². The zero-order valence-corrected chi connectivity index (χ0v) is 23.6. The van der Waals surface area contributed by atoms with E-state index in [1.807, 2.05) is 6.92 Å². The lowest BCUT2D eigenvalue weighted by Gasteiger charge is -2.24. The van der Waals surface area contributed by atoms with E-state index in [0.29, 0.717) is 33.4 Å². The van der Waals surface area contributed by atoms with E-state index in [0.717, 1.165) is 0 Å². The molecule has 0 aliphatic carbocycles. The van der Waals surface area contributed by atoms with E-state index < -0.39 is 15.7 Å². The highest BCUT2D eigenvalue weighted by Crippen LogP contribution is 2.34. The maximum absolute atomic E-state index is 13.6. The number of hydrogen-bond acceptors (Lipinski definition) is 6. The quantitative estimate of drug-likeness (QED) is 0.285. The molecule has 1 N–H and O–H groups in total. The molecular formula is C28H33FN2O4S2. The SMILES string of the molecule is CCS(=O)(=O)Cc1ccc(C(=O)c2ccc(F)cc2)c(-c2cn(C)c(=O)cc2[C@@H](C)NSC(C)(C)C)c1. The number of aromatic nitrogens is 1. The smallest absolute Gasteiger partial charge is 0.250 e. The fraction of sp³-hybridized carbons (Fsp3) is 0.357. The van der Waals surface area contributed by atoms with Gasteiger partial charge in [-0.1, -0.05) is 31.0 Å². The Morgan fingerprint density at radius 2 is 1.73 bits per heavy atom. The van der Waals surface area contributed by atoms with Crippen molar-refractivity contribution in [3.8, 4) is 11.1 Å². The molecule has 0 unspecified atom stereocenters. The molecule has 0 bridgehead atoms. The van der Waals surface area contributed by atoms with Gasteiger partial charge in [0.05, 0.1) is 5.75 Å². The predicted octanol–water partition coefficient (Wildman–Crippen LogP) is 5.45. The lowest BCUT2D eigenvalue weighted by Crippen LogP contribution is -2.24. The fourth-order valence-corrected chi connectivity index (χ4v) is 5.32. The van der Waals surface area contributed by atoms with Crippen molar-refractivity contribution >= 4 is 27.6 Å². The van der Waals surface area contributed by atoms with Crippen LogP contribution in [-0.2, 0) is 22.6 Å². The van der Waals surface area contributed by atoms with E-state index in [9.17, 15) is 22.4 Å². The van der Waals surface area contributed by atoms with E-state index in [-0.39, 0.29) is 33.6 Å². The molecule has 198 valence electrons. The topological polar surface area (TPSA) is 85.2 Å². The Hall–Kier alpha value is -2.75. The number of carbonyl (C=O) groups excluding carboxylic acids is 1. The van der Waals surface area contributed by atoms with Crippen LogP contribution in [0.1, 0.15) is 67.7 Å². The first-order valence-corrected chi connectivity index (χ1v) is 14.6. The van der Waals surface area contributed by atoms with Crippen molar-refractivity contribution in [1.82, 2.24) is 9.29 Å². The molecule has 0 spiro atoms.